The van der Waals surface area contributed by atoms with Crippen LogP contribution >= 0.6 is 0 Å². The Labute approximate surface area is 223 Å². The largest absolute Gasteiger partial charge is 0.455 e. The predicted molar refractivity (Wildman–Crippen MR) is 143 cm³/mol. The molecule has 212 valence electrons. The lowest BCUT2D eigenvalue weighted by molar-refractivity contribution is -0.346. The Morgan fingerprint density at radius 2 is 1.68 bits per heavy atom. The van der Waals surface area contributed by atoms with E-state index >= 15 is 0 Å². The maximum absolute atomic E-state index is 13.1. The second kappa shape index (κ2) is 9.02. The number of ether oxygens (including phenoxy) is 2. The summed E-state index contributed by atoms with van der Waals surface area (Å²) in [6, 6.07) is -0.462. The zero-order valence-electron chi connectivity index (χ0n) is 24.8. The van der Waals surface area contributed by atoms with E-state index in [-0.39, 0.29) is 41.8 Å². The van der Waals surface area contributed by atoms with Crippen molar-refractivity contribution in [2.24, 2.45) is 46.3 Å². The third-order valence-electron chi connectivity index (χ3n) is 12.4. The normalized spacial score (nSPS) is 50.5. The van der Waals surface area contributed by atoms with Crippen molar-refractivity contribution >= 4 is 5.97 Å². The molecule has 1 aliphatic heterocycles. The van der Waals surface area contributed by atoms with Crippen LogP contribution in [0.4, 0.5) is 0 Å². The van der Waals surface area contributed by atoms with Crippen LogP contribution in [0.25, 0.3) is 0 Å². The van der Waals surface area contributed by atoms with E-state index in [1.807, 2.05) is 13.8 Å². The maximum atomic E-state index is 13.1. The molecule has 37 heavy (non-hydrogen) atoms. The summed E-state index contributed by atoms with van der Waals surface area (Å²) in [6.45, 7) is 21.4. The van der Waals surface area contributed by atoms with Gasteiger partial charge in [0, 0.05) is 23.3 Å². The second-order valence-corrected chi connectivity index (χ2v) is 13.9. The van der Waals surface area contributed by atoms with Gasteiger partial charge in [-0.2, -0.15) is 0 Å². The molecule has 1 heterocycles. The van der Waals surface area contributed by atoms with Gasteiger partial charge in [-0.25, -0.2) is 4.79 Å². The van der Waals surface area contributed by atoms with Crippen molar-refractivity contribution in [1.29, 1.82) is 0 Å². The van der Waals surface area contributed by atoms with Crippen molar-refractivity contribution in [1.82, 2.24) is 5.32 Å². The van der Waals surface area contributed by atoms with E-state index in [9.17, 15) is 20.1 Å². The number of esters is 1. The number of nitrogens with one attached hydrogen (secondary N) is 1. The molecule has 0 spiro atoms. The van der Waals surface area contributed by atoms with E-state index in [0.29, 0.717) is 5.92 Å². The summed E-state index contributed by atoms with van der Waals surface area (Å²) >= 11 is 0. The van der Waals surface area contributed by atoms with Gasteiger partial charge in [-0.05, 0) is 62.0 Å². The van der Waals surface area contributed by atoms with Crippen LogP contribution in [0, 0.1) is 46.3 Å². The third-order valence-corrected chi connectivity index (χ3v) is 12.4. The molecule has 7 heteroatoms. The molecule has 2 bridgehead atoms. The highest BCUT2D eigenvalue weighted by molar-refractivity contribution is 5.75. The molecule has 0 radical (unpaired) electrons. The first-order chi connectivity index (χ1) is 16.9. The summed E-state index contributed by atoms with van der Waals surface area (Å²) in [5.41, 5.74) is -1.03. The second-order valence-electron chi connectivity index (χ2n) is 13.9. The van der Waals surface area contributed by atoms with Gasteiger partial charge in [0.1, 0.15) is 11.7 Å². The smallest absolute Gasteiger partial charge is 0.337 e. The summed E-state index contributed by atoms with van der Waals surface area (Å²) < 4.78 is 12.0. The molecule has 2 saturated carbocycles. The van der Waals surface area contributed by atoms with Crippen LogP contribution in [-0.2, 0) is 14.3 Å². The molecule has 13 atom stereocenters. The van der Waals surface area contributed by atoms with Crippen LogP contribution in [-0.4, -0.2) is 70.5 Å². The lowest BCUT2D eigenvalue weighted by Gasteiger charge is -2.71. The number of likely N-dealkylation sites (N-methyl/N-ethyl adjacent to an activating group) is 1. The Hall–Kier alpha value is -0.990. The van der Waals surface area contributed by atoms with Gasteiger partial charge >= 0.3 is 5.97 Å². The Balaban J connectivity index is 1.91. The Morgan fingerprint density at radius 3 is 2.19 bits per heavy atom. The fourth-order valence-electron chi connectivity index (χ4n) is 9.80. The number of rotatable bonds is 4. The topological polar surface area (TPSA) is 108 Å². The van der Waals surface area contributed by atoms with E-state index in [2.05, 4.69) is 53.8 Å². The first-order valence-electron chi connectivity index (χ1n) is 14.3. The molecular formula is C30H51NO6. The molecule has 3 aliphatic carbocycles. The summed E-state index contributed by atoms with van der Waals surface area (Å²) in [7, 11) is 1.69. The monoisotopic (exact) mass is 521 g/mol. The molecule has 0 aromatic carbocycles. The van der Waals surface area contributed by atoms with Gasteiger partial charge in [0.25, 0.3) is 0 Å². The molecule has 1 saturated heterocycles. The first kappa shape index (κ1) is 29.0. The average molecular weight is 522 g/mol. The lowest BCUT2D eigenvalue weighted by atomic mass is 9.38. The van der Waals surface area contributed by atoms with Crippen LogP contribution in [0.5, 0.6) is 0 Å². The molecule has 4 rings (SSSR count). The van der Waals surface area contributed by atoms with Gasteiger partial charge in [-0.1, -0.05) is 61.0 Å². The van der Waals surface area contributed by atoms with Crippen LogP contribution in [0.2, 0.25) is 0 Å². The Kier molecular flexibility index (Phi) is 7.07. The average Bonchev–Trinajstić information content (AvgIpc) is 2.84. The minimum Gasteiger partial charge on any atom is -0.455 e. The minimum atomic E-state index is -1.31. The molecular weight excluding hydrogens is 470 g/mol. The van der Waals surface area contributed by atoms with Gasteiger partial charge in [-0.3, -0.25) is 0 Å². The number of hydrogen-bond acceptors (Lipinski definition) is 7. The number of aliphatic hydroxyl groups is 3. The van der Waals surface area contributed by atoms with Crippen molar-refractivity contribution < 1.29 is 29.6 Å². The number of carbonyl (C=O) groups is 1. The van der Waals surface area contributed by atoms with Crippen molar-refractivity contribution in [2.45, 2.75) is 111 Å². The number of hydrogen-bond donors (Lipinski definition) is 4. The maximum Gasteiger partial charge on any atom is 0.337 e. The summed E-state index contributed by atoms with van der Waals surface area (Å²) in [5.74, 6) is -1.05. The fourth-order valence-corrected chi connectivity index (χ4v) is 9.80. The van der Waals surface area contributed by atoms with E-state index in [0.717, 1.165) is 17.6 Å². The van der Waals surface area contributed by atoms with Gasteiger partial charge in [-0.15, -0.1) is 0 Å². The van der Waals surface area contributed by atoms with Crippen molar-refractivity contribution in [3.8, 4) is 0 Å². The predicted octanol–water partition coefficient (Wildman–Crippen LogP) is 3.30. The highest BCUT2D eigenvalue weighted by Crippen LogP contribution is 2.69. The third kappa shape index (κ3) is 3.53. The summed E-state index contributed by atoms with van der Waals surface area (Å²) in [6.07, 6.45) is -1.40. The highest BCUT2D eigenvalue weighted by atomic mass is 16.6. The highest BCUT2D eigenvalue weighted by Gasteiger charge is 2.73. The Bertz CT molecular complexity index is 964. The van der Waals surface area contributed by atoms with Gasteiger partial charge < -0.3 is 30.1 Å². The molecule has 0 aromatic rings. The number of aliphatic hydroxyl groups excluding tert-OH is 1. The Morgan fingerprint density at radius 1 is 1.08 bits per heavy atom. The van der Waals surface area contributed by atoms with E-state index in [1.54, 1.807) is 14.0 Å². The SMILES string of the molecule is CNC(C)C(O)C(=O)OC1C(C)=C2[C@@H](C)C(C)[C@]3(C)C(C)CC4OC[C@@]4(O)C3C(C)C(O)([C@H]1C)C2(C)C. The summed E-state index contributed by atoms with van der Waals surface area (Å²) in [5, 5.41) is 38.6. The van der Waals surface area contributed by atoms with E-state index < -0.39 is 46.8 Å². The fraction of sp³-hybridized carbons (Fsp3) is 0.900. The standard InChI is InChI=1S/C30H51NO6/c1-14-12-21-29(34,13-36-21)25-19(6)30(35)18(5)24(37-26(33)23(32)20(7)31-11)16(3)22(27(30,8)9)15(2)17(4)28(14,25)10/h14-15,17-21,23-25,31-32,34-35H,12-13H2,1-11H3/t14?,15-,17?,18-,19?,20?,21?,23?,24?,25?,28-,29-,30?/m0/s1. The van der Waals surface area contributed by atoms with E-state index in [1.165, 1.54) is 0 Å². The van der Waals surface area contributed by atoms with Crippen molar-refractivity contribution in [2.75, 3.05) is 13.7 Å². The van der Waals surface area contributed by atoms with Crippen molar-refractivity contribution in [3.63, 3.8) is 0 Å². The molecule has 0 amide bonds. The first-order valence-corrected chi connectivity index (χ1v) is 14.3. The zero-order valence-corrected chi connectivity index (χ0v) is 24.8. The minimum absolute atomic E-state index is 0.0833. The van der Waals surface area contributed by atoms with Crippen LogP contribution in [0.1, 0.15) is 75.7 Å². The quantitative estimate of drug-likeness (QED) is 0.332. The molecule has 3 fully saturated rings. The number of fused-ring (bicyclic) bond motifs is 5. The number of carbonyl (C=O) groups excluding carboxylic acids is 1. The molecule has 4 N–H and O–H groups in total. The van der Waals surface area contributed by atoms with Gasteiger partial charge in [0.15, 0.2) is 6.10 Å². The molecule has 9 unspecified atom stereocenters. The van der Waals surface area contributed by atoms with Gasteiger partial charge in [0.2, 0.25) is 0 Å². The zero-order chi connectivity index (χ0) is 28.0. The molecule has 0 aromatic heterocycles. The lowest BCUT2D eigenvalue weighted by Crippen LogP contribution is -2.77. The van der Waals surface area contributed by atoms with Crippen molar-refractivity contribution in [3.05, 3.63) is 11.1 Å². The molecule has 4 aliphatic rings. The molecule has 7 nitrogen and oxygen atoms in total. The van der Waals surface area contributed by atoms with Gasteiger partial charge in [0.05, 0.1) is 18.3 Å². The van der Waals surface area contributed by atoms with Crippen LogP contribution in [0.3, 0.4) is 0 Å². The van der Waals surface area contributed by atoms with Crippen LogP contribution in [0.15, 0.2) is 11.1 Å². The van der Waals surface area contributed by atoms with E-state index in [4.69, 9.17) is 9.47 Å². The van der Waals surface area contributed by atoms with Crippen LogP contribution < -0.4 is 5.32 Å². The summed E-state index contributed by atoms with van der Waals surface area (Å²) in [4.78, 5) is 13.1.